The number of H-pyrrole nitrogens is 1. The van der Waals surface area contributed by atoms with Crippen molar-refractivity contribution in [2.24, 2.45) is 23.7 Å². The molecule has 3 saturated carbocycles. The van der Waals surface area contributed by atoms with Crippen molar-refractivity contribution in [1.82, 2.24) is 10.3 Å². The maximum atomic E-state index is 12.7. The van der Waals surface area contributed by atoms with Crippen LogP contribution in [0.15, 0.2) is 30.3 Å². The van der Waals surface area contributed by atoms with Crippen LogP contribution >= 0.6 is 0 Å². The molecule has 3 bridgehead atoms. The van der Waals surface area contributed by atoms with Crippen LogP contribution in [0.25, 0.3) is 10.9 Å². The molecular weight excluding hydrogens is 284 g/mol. The van der Waals surface area contributed by atoms with Crippen molar-refractivity contribution in [3.05, 3.63) is 36.0 Å². The summed E-state index contributed by atoms with van der Waals surface area (Å²) in [5.41, 5.74) is 1.74. The zero-order valence-electron chi connectivity index (χ0n) is 13.4. The maximum Gasteiger partial charge on any atom is 0.267 e. The van der Waals surface area contributed by atoms with Gasteiger partial charge in [0, 0.05) is 16.9 Å². The van der Waals surface area contributed by atoms with E-state index in [1.807, 2.05) is 24.3 Å². The lowest BCUT2D eigenvalue weighted by Crippen LogP contribution is -2.52. The smallest absolute Gasteiger partial charge is 0.267 e. The summed E-state index contributed by atoms with van der Waals surface area (Å²) in [5.74, 6) is 3.50. The number of amides is 1. The third-order valence-corrected chi connectivity index (χ3v) is 6.65. The average molecular weight is 308 g/mol. The lowest BCUT2D eigenvalue weighted by atomic mass is 9.56. The molecule has 5 atom stereocenters. The maximum absolute atomic E-state index is 12.7. The highest BCUT2D eigenvalue weighted by molar-refractivity contribution is 5.98. The number of para-hydroxylation sites is 1. The van der Waals surface area contributed by atoms with Crippen molar-refractivity contribution in [3.63, 3.8) is 0 Å². The van der Waals surface area contributed by atoms with E-state index in [0.29, 0.717) is 11.7 Å². The van der Waals surface area contributed by atoms with E-state index in [1.54, 1.807) is 0 Å². The van der Waals surface area contributed by atoms with Crippen LogP contribution in [0, 0.1) is 23.7 Å². The summed E-state index contributed by atoms with van der Waals surface area (Å²) >= 11 is 0. The molecule has 0 saturated heterocycles. The van der Waals surface area contributed by atoms with E-state index in [9.17, 15) is 4.79 Å². The summed E-state index contributed by atoms with van der Waals surface area (Å²) in [6, 6.07) is 10.5. The first-order valence-corrected chi connectivity index (χ1v) is 9.15. The zero-order chi connectivity index (χ0) is 15.4. The number of aromatic nitrogens is 1. The van der Waals surface area contributed by atoms with Gasteiger partial charge in [0.15, 0.2) is 0 Å². The van der Waals surface area contributed by atoms with Crippen molar-refractivity contribution in [1.29, 1.82) is 0 Å². The third-order valence-electron chi connectivity index (χ3n) is 6.65. The molecule has 1 heterocycles. The molecule has 0 radical (unpaired) electrons. The van der Waals surface area contributed by atoms with E-state index in [2.05, 4.69) is 16.4 Å². The molecule has 3 aliphatic rings. The number of hydrogen-bond donors (Lipinski definition) is 2. The van der Waals surface area contributed by atoms with Gasteiger partial charge in [0.1, 0.15) is 5.69 Å². The minimum Gasteiger partial charge on any atom is -0.351 e. The van der Waals surface area contributed by atoms with E-state index in [4.69, 9.17) is 0 Å². The van der Waals surface area contributed by atoms with Gasteiger partial charge in [0.2, 0.25) is 0 Å². The molecule has 1 amide bonds. The van der Waals surface area contributed by atoms with Gasteiger partial charge in [-0.25, -0.2) is 0 Å². The van der Waals surface area contributed by atoms with Crippen LogP contribution in [0.2, 0.25) is 0 Å². The quantitative estimate of drug-likeness (QED) is 0.861. The standard InChI is InChI=1S/C20H24N2O/c23-20(19-11-14-3-1-2-4-17(14)21-19)22-18-10-13-7-12-5-6-16(18)15(8-12)9-13/h1-4,11-13,15-16,18,21H,5-10H2,(H,22,23). The number of rotatable bonds is 2. The first kappa shape index (κ1) is 13.6. The molecule has 3 aliphatic carbocycles. The zero-order valence-corrected chi connectivity index (χ0v) is 13.4. The summed E-state index contributed by atoms with van der Waals surface area (Å²) in [4.78, 5) is 16.0. The number of hydrogen-bond acceptors (Lipinski definition) is 1. The molecule has 120 valence electrons. The number of nitrogens with one attached hydrogen (secondary N) is 2. The number of benzene rings is 1. The van der Waals surface area contributed by atoms with E-state index in [-0.39, 0.29) is 5.91 Å². The molecule has 5 rings (SSSR count). The van der Waals surface area contributed by atoms with Gasteiger partial charge in [-0.05, 0) is 67.9 Å². The molecule has 3 fully saturated rings. The van der Waals surface area contributed by atoms with E-state index >= 15 is 0 Å². The molecule has 5 unspecified atom stereocenters. The Morgan fingerprint density at radius 2 is 1.91 bits per heavy atom. The molecule has 23 heavy (non-hydrogen) atoms. The summed E-state index contributed by atoms with van der Waals surface area (Å²) < 4.78 is 0. The predicted octanol–water partition coefficient (Wildman–Crippen LogP) is 4.11. The minimum absolute atomic E-state index is 0.0771. The minimum atomic E-state index is 0.0771. The Morgan fingerprint density at radius 1 is 1.04 bits per heavy atom. The van der Waals surface area contributed by atoms with Gasteiger partial charge in [0.05, 0.1) is 0 Å². The van der Waals surface area contributed by atoms with Gasteiger partial charge in [-0.2, -0.15) is 0 Å². The highest BCUT2D eigenvalue weighted by Gasteiger charge is 2.46. The van der Waals surface area contributed by atoms with Crippen LogP contribution in [-0.4, -0.2) is 16.9 Å². The average Bonchev–Trinajstić information content (AvgIpc) is 2.97. The molecule has 3 nitrogen and oxygen atoms in total. The van der Waals surface area contributed by atoms with Gasteiger partial charge in [-0.1, -0.05) is 24.6 Å². The van der Waals surface area contributed by atoms with Crippen molar-refractivity contribution in [3.8, 4) is 0 Å². The van der Waals surface area contributed by atoms with Crippen molar-refractivity contribution < 1.29 is 4.79 Å². The summed E-state index contributed by atoms with van der Waals surface area (Å²) in [7, 11) is 0. The molecule has 0 spiro atoms. The van der Waals surface area contributed by atoms with Gasteiger partial charge >= 0.3 is 0 Å². The first-order valence-electron chi connectivity index (χ1n) is 9.15. The Balaban J connectivity index is 1.37. The molecule has 2 N–H and O–H groups in total. The Morgan fingerprint density at radius 3 is 2.83 bits per heavy atom. The van der Waals surface area contributed by atoms with Gasteiger partial charge in [-0.3, -0.25) is 4.79 Å². The van der Waals surface area contributed by atoms with Gasteiger partial charge in [-0.15, -0.1) is 0 Å². The van der Waals surface area contributed by atoms with Crippen molar-refractivity contribution in [2.45, 2.75) is 44.6 Å². The number of aromatic amines is 1. The Labute approximate surface area is 136 Å². The fraction of sp³-hybridized carbons (Fsp3) is 0.550. The van der Waals surface area contributed by atoms with Crippen molar-refractivity contribution >= 4 is 16.8 Å². The first-order chi connectivity index (χ1) is 11.3. The number of carbonyl (C=O) groups excluding carboxylic acids is 1. The Hall–Kier alpha value is -1.77. The molecule has 1 aromatic carbocycles. The van der Waals surface area contributed by atoms with Crippen LogP contribution in [0.5, 0.6) is 0 Å². The van der Waals surface area contributed by atoms with Gasteiger partial charge in [0.25, 0.3) is 5.91 Å². The Bertz CT molecular complexity index is 710. The fourth-order valence-electron chi connectivity index (χ4n) is 5.73. The highest BCUT2D eigenvalue weighted by atomic mass is 16.1. The second kappa shape index (κ2) is 5.12. The topological polar surface area (TPSA) is 44.9 Å². The second-order valence-electron chi connectivity index (χ2n) is 8.03. The molecule has 2 aromatic rings. The Kier molecular flexibility index (Phi) is 3.04. The van der Waals surface area contributed by atoms with E-state index < -0.39 is 0 Å². The largest absolute Gasteiger partial charge is 0.351 e. The second-order valence-corrected chi connectivity index (χ2v) is 8.03. The summed E-state index contributed by atoms with van der Waals surface area (Å²) in [6.45, 7) is 0. The number of carbonyl (C=O) groups is 1. The number of fused-ring (bicyclic) bond motifs is 3. The normalized spacial score (nSPS) is 35.4. The monoisotopic (exact) mass is 308 g/mol. The summed E-state index contributed by atoms with van der Waals surface area (Å²) in [6.07, 6.45) is 8.14. The van der Waals surface area contributed by atoms with Crippen LogP contribution in [0.3, 0.4) is 0 Å². The predicted molar refractivity (Wildman–Crippen MR) is 91.2 cm³/mol. The SMILES string of the molecule is O=C(NC1CC2CC3CCC1C(C3)C2)c1cc2ccccc2[nH]1. The van der Waals surface area contributed by atoms with Crippen LogP contribution in [-0.2, 0) is 0 Å². The van der Waals surface area contributed by atoms with E-state index in [0.717, 1.165) is 34.6 Å². The van der Waals surface area contributed by atoms with Crippen molar-refractivity contribution in [2.75, 3.05) is 0 Å². The van der Waals surface area contributed by atoms with Crippen LogP contribution in [0.4, 0.5) is 0 Å². The lowest BCUT2D eigenvalue weighted by molar-refractivity contribution is 0.00718. The summed E-state index contributed by atoms with van der Waals surface area (Å²) in [5, 5.41) is 4.49. The lowest BCUT2D eigenvalue weighted by Gasteiger charge is -2.52. The van der Waals surface area contributed by atoms with Crippen LogP contribution < -0.4 is 5.32 Å². The van der Waals surface area contributed by atoms with E-state index in [1.165, 1.54) is 38.5 Å². The molecule has 0 aliphatic heterocycles. The molecule has 3 heteroatoms. The molecule has 1 aromatic heterocycles. The fourth-order valence-corrected chi connectivity index (χ4v) is 5.73. The van der Waals surface area contributed by atoms with Gasteiger partial charge < -0.3 is 10.3 Å². The van der Waals surface area contributed by atoms with Crippen LogP contribution in [0.1, 0.15) is 49.0 Å². The third kappa shape index (κ3) is 2.29. The highest BCUT2D eigenvalue weighted by Crippen LogP contribution is 2.52. The molecular formula is C20H24N2O.